The van der Waals surface area contributed by atoms with E-state index >= 15 is 0 Å². The smallest absolute Gasteiger partial charge is 0.166 e. The maximum absolute atomic E-state index is 5.54. The van der Waals surface area contributed by atoms with E-state index in [0.29, 0.717) is 11.2 Å². The molecule has 0 spiro atoms. The standard InChI is InChI=1S/C7H15N3S/c1-6-5-9(2)3-4-10(6)7(8)11/h6H,3-5H2,1-2H3,(H2,8,11). The second-order valence-electron chi connectivity index (χ2n) is 3.14. The zero-order valence-corrected chi connectivity index (χ0v) is 7.90. The van der Waals surface area contributed by atoms with E-state index in [-0.39, 0.29) is 0 Å². The molecule has 0 radical (unpaired) electrons. The van der Waals surface area contributed by atoms with Gasteiger partial charge in [-0.05, 0) is 26.2 Å². The first-order chi connectivity index (χ1) is 5.11. The molecule has 1 rings (SSSR count). The molecule has 0 aromatic carbocycles. The molecule has 3 nitrogen and oxygen atoms in total. The molecule has 64 valence electrons. The van der Waals surface area contributed by atoms with Crippen molar-refractivity contribution in [3.8, 4) is 0 Å². The highest BCUT2D eigenvalue weighted by Crippen LogP contribution is 2.06. The van der Waals surface area contributed by atoms with Crippen molar-refractivity contribution in [3.05, 3.63) is 0 Å². The maximum Gasteiger partial charge on any atom is 0.166 e. The monoisotopic (exact) mass is 173 g/mol. The highest BCUT2D eigenvalue weighted by atomic mass is 32.1. The van der Waals surface area contributed by atoms with Gasteiger partial charge in [-0.25, -0.2) is 0 Å². The fraction of sp³-hybridized carbons (Fsp3) is 0.857. The molecule has 2 N–H and O–H groups in total. The van der Waals surface area contributed by atoms with Crippen LogP contribution in [0, 0.1) is 0 Å². The SMILES string of the molecule is CC1CN(C)CCN1C(N)=S. The molecule has 4 heteroatoms. The first-order valence-electron chi connectivity index (χ1n) is 3.86. The minimum atomic E-state index is 0.464. The van der Waals surface area contributed by atoms with Crippen LogP contribution in [0.15, 0.2) is 0 Å². The summed E-state index contributed by atoms with van der Waals surface area (Å²) in [6.07, 6.45) is 0. The van der Waals surface area contributed by atoms with E-state index in [2.05, 4.69) is 23.8 Å². The molecule has 0 aliphatic carbocycles. The lowest BCUT2D eigenvalue weighted by molar-refractivity contribution is 0.162. The molecule has 1 atom stereocenters. The lowest BCUT2D eigenvalue weighted by Crippen LogP contribution is -2.54. The Morgan fingerprint density at radius 2 is 2.18 bits per heavy atom. The van der Waals surface area contributed by atoms with E-state index in [1.54, 1.807) is 0 Å². The minimum absolute atomic E-state index is 0.464. The van der Waals surface area contributed by atoms with Gasteiger partial charge in [-0.15, -0.1) is 0 Å². The molecule has 1 heterocycles. The minimum Gasteiger partial charge on any atom is -0.376 e. The summed E-state index contributed by atoms with van der Waals surface area (Å²) in [5.41, 5.74) is 5.54. The van der Waals surface area contributed by atoms with Gasteiger partial charge in [0.1, 0.15) is 0 Å². The largest absolute Gasteiger partial charge is 0.376 e. The Kier molecular flexibility index (Phi) is 2.67. The fourth-order valence-electron chi connectivity index (χ4n) is 1.47. The Morgan fingerprint density at radius 1 is 1.55 bits per heavy atom. The summed E-state index contributed by atoms with van der Waals surface area (Å²) in [4.78, 5) is 4.37. The predicted molar refractivity (Wildman–Crippen MR) is 50.5 cm³/mol. The average molecular weight is 173 g/mol. The van der Waals surface area contributed by atoms with E-state index in [1.165, 1.54) is 0 Å². The van der Waals surface area contributed by atoms with E-state index in [1.807, 2.05) is 0 Å². The molecular weight excluding hydrogens is 158 g/mol. The van der Waals surface area contributed by atoms with Crippen molar-refractivity contribution in [2.24, 2.45) is 5.73 Å². The molecule has 0 amide bonds. The number of thiocarbonyl (C=S) groups is 1. The van der Waals surface area contributed by atoms with Crippen LogP contribution < -0.4 is 5.73 Å². The molecule has 0 aromatic rings. The molecule has 1 saturated heterocycles. The van der Waals surface area contributed by atoms with Crippen LogP contribution in [0.25, 0.3) is 0 Å². The van der Waals surface area contributed by atoms with Gasteiger partial charge in [0.05, 0.1) is 0 Å². The van der Waals surface area contributed by atoms with Crippen LogP contribution in [0.3, 0.4) is 0 Å². The normalized spacial score (nSPS) is 27.1. The van der Waals surface area contributed by atoms with Crippen LogP contribution in [-0.2, 0) is 0 Å². The zero-order chi connectivity index (χ0) is 8.43. The third-order valence-corrected chi connectivity index (χ3v) is 2.35. The van der Waals surface area contributed by atoms with Crippen LogP contribution in [0.2, 0.25) is 0 Å². The van der Waals surface area contributed by atoms with Gasteiger partial charge >= 0.3 is 0 Å². The number of nitrogens with two attached hydrogens (primary N) is 1. The van der Waals surface area contributed by atoms with Gasteiger partial charge in [-0.1, -0.05) is 0 Å². The van der Waals surface area contributed by atoms with E-state index in [4.69, 9.17) is 18.0 Å². The van der Waals surface area contributed by atoms with Gasteiger partial charge in [0, 0.05) is 25.7 Å². The number of nitrogens with zero attached hydrogens (tertiary/aromatic N) is 2. The summed E-state index contributed by atoms with van der Waals surface area (Å²) in [6.45, 7) is 5.22. The number of rotatable bonds is 0. The first kappa shape index (κ1) is 8.74. The Hall–Kier alpha value is -0.350. The van der Waals surface area contributed by atoms with Gasteiger partial charge in [0.2, 0.25) is 0 Å². The second kappa shape index (κ2) is 3.36. The third-order valence-electron chi connectivity index (χ3n) is 2.11. The summed E-state index contributed by atoms with van der Waals surface area (Å²) < 4.78 is 0. The molecule has 1 fully saturated rings. The number of likely N-dealkylation sites (N-methyl/N-ethyl adjacent to an activating group) is 1. The summed E-state index contributed by atoms with van der Waals surface area (Å²) in [6, 6.07) is 0.464. The van der Waals surface area contributed by atoms with Crippen molar-refractivity contribution in [2.75, 3.05) is 26.7 Å². The highest BCUT2D eigenvalue weighted by Gasteiger charge is 2.21. The van der Waals surface area contributed by atoms with Crippen molar-refractivity contribution in [3.63, 3.8) is 0 Å². The molecule has 11 heavy (non-hydrogen) atoms. The number of hydrogen-bond acceptors (Lipinski definition) is 2. The zero-order valence-electron chi connectivity index (χ0n) is 7.08. The topological polar surface area (TPSA) is 32.5 Å². The fourth-order valence-corrected chi connectivity index (χ4v) is 1.74. The summed E-state index contributed by atoms with van der Waals surface area (Å²) in [5.74, 6) is 0. The summed E-state index contributed by atoms with van der Waals surface area (Å²) in [5, 5.41) is 0.533. The van der Waals surface area contributed by atoms with E-state index in [0.717, 1.165) is 19.6 Å². The van der Waals surface area contributed by atoms with Crippen molar-refractivity contribution >= 4 is 17.3 Å². The van der Waals surface area contributed by atoms with E-state index < -0.39 is 0 Å². The molecule has 1 unspecified atom stereocenters. The third kappa shape index (κ3) is 2.04. The Morgan fingerprint density at radius 3 is 2.64 bits per heavy atom. The van der Waals surface area contributed by atoms with Crippen LogP contribution >= 0.6 is 12.2 Å². The highest BCUT2D eigenvalue weighted by molar-refractivity contribution is 7.80. The van der Waals surface area contributed by atoms with Crippen molar-refractivity contribution in [2.45, 2.75) is 13.0 Å². The number of piperazine rings is 1. The van der Waals surface area contributed by atoms with Gasteiger partial charge in [0.15, 0.2) is 5.11 Å². The maximum atomic E-state index is 5.54. The quantitative estimate of drug-likeness (QED) is 0.517. The molecule has 0 saturated carbocycles. The number of hydrogen-bond donors (Lipinski definition) is 1. The molecular formula is C7H15N3S. The van der Waals surface area contributed by atoms with Crippen molar-refractivity contribution in [1.82, 2.24) is 9.80 Å². The van der Waals surface area contributed by atoms with Crippen molar-refractivity contribution < 1.29 is 0 Å². The Labute approximate surface area is 73.1 Å². The lowest BCUT2D eigenvalue weighted by atomic mass is 10.2. The second-order valence-corrected chi connectivity index (χ2v) is 3.56. The average Bonchev–Trinajstić information content (AvgIpc) is 1.85. The van der Waals surface area contributed by atoms with Crippen molar-refractivity contribution in [1.29, 1.82) is 0 Å². The summed E-state index contributed by atoms with van der Waals surface area (Å²) >= 11 is 4.92. The van der Waals surface area contributed by atoms with Gasteiger partial charge in [-0.2, -0.15) is 0 Å². The van der Waals surface area contributed by atoms with E-state index in [9.17, 15) is 0 Å². The molecule has 1 aliphatic rings. The molecule has 0 bridgehead atoms. The van der Waals surface area contributed by atoms with Gasteiger partial charge < -0.3 is 15.5 Å². The van der Waals surface area contributed by atoms with Crippen LogP contribution in [0.1, 0.15) is 6.92 Å². The van der Waals surface area contributed by atoms with Crippen LogP contribution in [0.5, 0.6) is 0 Å². The summed E-state index contributed by atoms with van der Waals surface area (Å²) in [7, 11) is 2.12. The molecule has 1 aliphatic heterocycles. The lowest BCUT2D eigenvalue weighted by Gasteiger charge is -2.38. The van der Waals surface area contributed by atoms with Crippen LogP contribution in [-0.4, -0.2) is 47.6 Å². The Bertz CT molecular complexity index is 160. The predicted octanol–water partition coefficient (Wildman–Crippen LogP) is -0.134. The Balaban J connectivity index is 2.50. The van der Waals surface area contributed by atoms with Crippen LogP contribution in [0.4, 0.5) is 0 Å². The molecule has 0 aromatic heterocycles. The van der Waals surface area contributed by atoms with Gasteiger partial charge in [0.25, 0.3) is 0 Å². The first-order valence-corrected chi connectivity index (χ1v) is 4.26. The van der Waals surface area contributed by atoms with Gasteiger partial charge in [-0.3, -0.25) is 0 Å².